The highest BCUT2D eigenvalue weighted by Crippen LogP contribution is 2.24. The van der Waals surface area contributed by atoms with Gasteiger partial charge >= 0.3 is 0 Å². The molecular weight excluding hydrogens is 229 g/mol. The minimum atomic E-state index is -0.175. The van der Waals surface area contributed by atoms with E-state index in [1.54, 1.807) is 23.9 Å². The third-order valence-electron chi connectivity index (χ3n) is 3.04. The summed E-state index contributed by atoms with van der Waals surface area (Å²) in [5.74, 6) is -0.175. The van der Waals surface area contributed by atoms with Crippen molar-refractivity contribution in [3.63, 3.8) is 0 Å². The van der Waals surface area contributed by atoms with Crippen LogP contribution in [0.2, 0.25) is 0 Å². The van der Waals surface area contributed by atoms with Crippen LogP contribution in [0.3, 0.4) is 0 Å². The molecule has 0 saturated heterocycles. The van der Waals surface area contributed by atoms with Crippen LogP contribution in [0.15, 0.2) is 30.6 Å². The molecule has 1 atom stereocenters. The second-order valence-electron chi connectivity index (χ2n) is 4.39. The Balaban J connectivity index is 2.52. The Kier molecular flexibility index (Phi) is 3.77. The van der Waals surface area contributed by atoms with E-state index in [2.05, 4.69) is 10.4 Å². The third-order valence-corrected chi connectivity index (χ3v) is 3.04. The second-order valence-corrected chi connectivity index (χ2v) is 4.39. The van der Waals surface area contributed by atoms with Gasteiger partial charge in [-0.15, -0.1) is 0 Å². The Bertz CT molecular complexity index is 520. The van der Waals surface area contributed by atoms with Crippen molar-refractivity contribution in [2.75, 3.05) is 6.54 Å². The van der Waals surface area contributed by atoms with Crippen LogP contribution in [0, 0.1) is 12.7 Å². The van der Waals surface area contributed by atoms with Gasteiger partial charge in [-0.2, -0.15) is 5.10 Å². The van der Waals surface area contributed by atoms with E-state index >= 15 is 0 Å². The van der Waals surface area contributed by atoms with E-state index in [9.17, 15) is 4.39 Å². The third kappa shape index (κ3) is 2.43. The molecule has 18 heavy (non-hydrogen) atoms. The summed E-state index contributed by atoms with van der Waals surface area (Å²) in [5, 5.41) is 7.53. The van der Waals surface area contributed by atoms with Crippen molar-refractivity contribution < 1.29 is 4.39 Å². The highest BCUT2D eigenvalue weighted by molar-refractivity contribution is 5.45. The van der Waals surface area contributed by atoms with Crippen LogP contribution in [-0.2, 0) is 0 Å². The maximum Gasteiger partial charge on any atom is 0.126 e. The molecule has 1 heterocycles. The standard InChI is InChI=1S/C14H18FN3/c1-4-16-11(3)12-9-13(15)10(2)8-14(12)18-7-5-6-17-18/h5-9,11,16H,4H2,1-3H3. The Morgan fingerprint density at radius 1 is 1.44 bits per heavy atom. The van der Waals surface area contributed by atoms with Crippen LogP contribution in [0.1, 0.15) is 31.0 Å². The van der Waals surface area contributed by atoms with Gasteiger partial charge in [0.15, 0.2) is 0 Å². The number of halogens is 1. The van der Waals surface area contributed by atoms with Gasteiger partial charge in [-0.1, -0.05) is 6.92 Å². The highest BCUT2D eigenvalue weighted by atomic mass is 19.1. The maximum atomic E-state index is 13.7. The van der Waals surface area contributed by atoms with E-state index in [0.717, 1.165) is 17.8 Å². The predicted octanol–water partition coefficient (Wildman–Crippen LogP) is 2.99. The Labute approximate surface area is 107 Å². The van der Waals surface area contributed by atoms with Gasteiger partial charge in [-0.05, 0) is 49.7 Å². The lowest BCUT2D eigenvalue weighted by molar-refractivity contribution is 0.575. The molecule has 0 radical (unpaired) electrons. The van der Waals surface area contributed by atoms with E-state index in [4.69, 9.17) is 0 Å². The van der Waals surface area contributed by atoms with Crippen molar-refractivity contribution in [3.05, 3.63) is 47.5 Å². The number of nitrogens with one attached hydrogen (secondary N) is 1. The minimum absolute atomic E-state index is 0.0873. The van der Waals surface area contributed by atoms with Gasteiger partial charge in [0.1, 0.15) is 5.82 Å². The molecule has 1 aromatic heterocycles. The number of benzene rings is 1. The van der Waals surface area contributed by atoms with Crippen LogP contribution in [0.25, 0.3) is 5.69 Å². The Morgan fingerprint density at radius 3 is 2.83 bits per heavy atom. The predicted molar refractivity (Wildman–Crippen MR) is 70.4 cm³/mol. The molecule has 1 unspecified atom stereocenters. The topological polar surface area (TPSA) is 29.9 Å². The summed E-state index contributed by atoms with van der Waals surface area (Å²) in [6.07, 6.45) is 3.59. The van der Waals surface area contributed by atoms with Gasteiger partial charge in [0.25, 0.3) is 0 Å². The van der Waals surface area contributed by atoms with Gasteiger partial charge in [0.05, 0.1) is 5.69 Å². The molecule has 2 rings (SSSR count). The van der Waals surface area contributed by atoms with Gasteiger partial charge < -0.3 is 5.32 Å². The molecule has 0 aliphatic heterocycles. The minimum Gasteiger partial charge on any atom is -0.310 e. The molecule has 1 aromatic carbocycles. The molecule has 3 nitrogen and oxygen atoms in total. The zero-order chi connectivity index (χ0) is 13.1. The summed E-state index contributed by atoms with van der Waals surface area (Å²) in [5.41, 5.74) is 2.48. The molecule has 4 heteroatoms. The van der Waals surface area contributed by atoms with Crippen LogP contribution >= 0.6 is 0 Å². The maximum absolute atomic E-state index is 13.7. The smallest absolute Gasteiger partial charge is 0.126 e. The molecule has 2 aromatic rings. The first-order chi connectivity index (χ1) is 8.63. The van der Waals surface area contributed by atoms with Crippen molar-refractivity contribution in [1.82, 2.24) is 15.1 Å². The number of hydrogen-bond acceptors (Lipinski definition) is 2. The van der Waals surface area contributed by atoms with Crippen molar-refractivity contribution in [2.24, 2.45) is 0 Å². The van der Waals surface area contributed by atoms with Crippen molar-refractivity contribution >= 4 is 0 Å². The number of rotatable bonds is 4. The summed E-state index contributed by atoms with van der Waals surface area (Å²) in [7, 11) is 0. The number of aryl methyl sites for hydroxylation is 1. The molecule has 96 valence electrons. The summed E-state index contributed by atoms with van der Waals surface area (Å²) < 4.78 is 15.5. The molecule has 0 spiro atoms. The van der Waals surface area contributed by atoms with Crippen molar-refractivity contribution in [3.8, 4) is 5.69 Å². The molecule has 0 aliphatic rings. The fourth-order valence-electron chi connectivity index (χ4n) is 2.05. The van der Waals surface area contributed by atoms with E-state index < -0.39 is 0 Å². The summed E-state index contributed by atoms with van der Waals surface area (Å²) in [6.45, 7) is 6.68. The first-order valence-corrected chi connectivity index (χ1v) is 6.17. The molecule has 0 saturated carbocycles. The van der Waals surface area contributed by atoms with Gasteiger partial charge in [0.2, 0.25) is 0 Å². The Morgan fingerprint density at radius 2 is 2.22 bits per heavy atom. The second kappa shape index (κ2) is 5.31. The summed E-state index contributed by atoms with van der Waals surface area (Å²) in [6, 6.07) is 5.38. The van der Waals surface area contributed by atoms with E-state index in [1.165, 1.54) is 0 Å². The first kappa shape index (κ1) is 12.8. The summed E-state index contributed by atoms with van der Waals surface area (Å²) in [4.78, 5) is 0. The summed E-state index contributed by atoms with van der Waals surface area (Å²) >= 11 is 0. The Hall–Kier alpha value is -1.68. The molecule has 1 N–H and O–H groups in total. The molecule has 0 fully saturated rings. The lowest BCUT2D eigenvalue weighted by Crippen LogP contribution is -2.20. The van der Waals surface area contributed by atoms with Gasteiger partial charge in [-0.25, -0.2) is 9.07 Å². The van der Waals surface area contributed by atoms with Gasteiger partial charge in [-0.3, -0.25) is 0 Å². The SMILES string of the molecule is CCNC(C)c1cc(F)c(C)cc1-n1cccn1. The van der Waals surface area contributed by atoms with Crippen LogP contribution in [-0.4, -0.2) is 16.3 Å². The number of nitrogens with zero attached hydrogens (tertiary/aromatic N) is 2. The first-order valence-electron chi connectivity index (χ1n) is 6.17. The number of aromatic nitrogens is 2. The van der Waals surface area contributed by atoms with Crippen LogP contribution in [0.4, 0.5) is 4.39 Å². The fourth-order valence-corrected chi connectivity index (χ4v) is 2.05. The van der Waals surface area contributed by atoms with E-state index in [1.807, 2.05) is 32.2 Å². The highest BCUT2D eigenvalue weighted by Gasteiger charge is 2.14. The normalized spacial score (nSPS) is 12.7. The molecular formula is C14H18FN3. The van der Waals surface area contributed by atoms with Gasteiger partial charge in [0, 0.05) is 18.4 Å². The lowest BCUT2D eigenvalue weighted by Gasteiger charge is -2.18. The van der Waals surface area contributed by atoms with Crippen molar-refractivity contribution in [2.45, 2.75) is 26.8 Å². The fraction of sp³-hybridized carbons (Fsp3) is 0.357. The average Bonchev–Trinajstić information content (AvgIpc) is 2.86. The monoisotopic (exact) mass is 247 g/mol. The van der Waals surface area contributed by atoms with Crippen LogP contribution in [0.5, 0.6) is 0 Å². The quantitative estimate of drug-likeness (QED) is 0.900. The molecule has 0 bridgehead atoms. The average molecular weight is 247 g/mol. The largest absolute Gasteiger partial charge is 0.310 e. The van der Waals surface area contributed by atoms with E-state index in [-0.39, 0.29) is 11.9 Å². The molecule has 0 amide bonds. The zero-order valence-electron chi connectivity index (χ0n) is 10.9. The van der Waals surface area contributed by atoms with E-state index in [0.29, 0.717) is 5.56 Å². The van der Waals surface area contributed by atoms with Crippen molar-refractivity contribution in [1.29, 1.82) is 0 Å². The van der Waals surface area contributed by atoms with Crippen LogP contribution < -0.4 is 5.32 Å². The molecule has 0 aliphatic carbocycles. The lowest BCUT2D eigenvalue weighted by atomic mass is 10.0. The zero-order valence-corrected chi connectivity index (χ0v) is 10.9. The number of hydrogen-bond donors (Lipinski definition) is 1.